The minimum absolute atomic E-state index is 0.0739. The van der Waals surface area contributed by atoms with Crippen LogP contribution in [-0.4, -0.2) is 34.7 Å². The van der Waals surface area contributed by atoms with Crippen LogP contribution in [0.25, 0.3) is 0 Å². The molecule has 15 heavy (non-hydrogen) atoms. The van der Waals surface area contributed by atoms with Gasteiger partial charge in [0, 0.05) is 0 Å². The van der Waals surface area contributed by atoms with Gasteiger partial charge in [0.05, 0.1) is 17.9 Å². The summed E-state index contributed by atoms with van der Waals surface area (Å²) in [6.07, 6.45) is 5.31. The molecule has 4 heteroatoms. The summed E-state index contributed by atoms with van der Waals surface area (Å²) in [5.74, 6) is 1.66. The van der Waals surface area contributed by atoms with Crippen molar-refractivity contribution in [2.75, 3.05) is 18.1 Å². The van der Waals surface area contributed by atoms with E-state index < -0.39 is 0 Å². The quantitative estimate of drug-likeness (QED) is 0.654. The van der Waals surface area contributed by atoms with Gasteiger partial charge in [-0.1, -0.05) is 13.3 Å². The number of aliphatic hydroxyl groups is 1. The summed E-state index contributed by atoms with van der Waals surface area (Å²) in [6, 6.07) is 0. The van der Waals surface area contributed by atoms with Gasteiger partial charge in [-0.3, -0.25) is 4.79 Å². The number of amides is 1. The SMILES string of the molecule is CCCCSCC(=O)NC1(CO)CCC1. The maximum absolute atomic E-state index is 11.5. The first kappa shape index (κ1) is 12.8. The van der Waals surface area contributed by atoms with E-state index in [9.17, 15) is 9.90 Å². The largest absolute Gasteiger partial charge is 0.394 e. The number of carbonyl (C=O) groups excluding carboxylic acids is 1. The number of carbonyl (C=O) groups is 1. The van der Waals surface area contributed by atoms with Gasteiger partial charge in [-0.15, -0.1) is 0 Å². The van der Waals surface area contributed by atoms with Gasteiger partial charge in [-0.2, -0.15) is 11.8 Å². The van der Waals surface area contributed by atoms with Gasteiger partial charge in [0.15, 0.2) is 0 Å². The summed E-state index contributed by atoms with van der Waals surface area (Å²) in [6.45, 7) is 2.23. The lowest BCUT2D eigenvalue weighted by atomic mass is 9.77. The van der Waals surface area contributed by atoms with E-state index in [1.165, 1.54) is 12.8 Å². The van der Waals surface area contributed by atoms with Gasteiger partial charge < -0.3 is 10.4 Å². The third-order valence-corrected chi connectivity index (χ3v) is 3.94. The van der Waals surface area contributed by atoms with Gasteiger partial charge >= 0.3 is 0 Å². The van der Waals surface area contributed by atoms with Crippen molar-refractivity contribution in [3.63, 3.8) is 0 Å². The van der Waals surface area contributed by atoms with Crippen LogP contribution in [0.5, 0.6) is 0 Å². The molecule has 1 saturated carbocycles. The first-order valence-electron chi connectivity index (χ1n) is 5.72. The molecule has 0 bridgehead atoms. The van der Waals surface area contributed by atoms with Gasteiger partial charge in [0.2, 0.25) is 5.91 Å². The highest BCUT2D eigenvalue weighted by Crippen LogP contribution is 2.31. The summed E-state index contributed by atoms with van der Waals surface area (Å²) in [7, 11) is 0. The normalized spacial score (nSPS) is 18.3. The Hall–Kier alpha value is -0.220. The molecule has 1 amide bonds. The molecule has 0 aliphatic heterocycles. The molecule has 0 spiro atoms. The lowest BCUT2D eigenvalue weighted by Crippen LogP contribution is -2.56. The predicted molar refractivity (Wildman–Crippen MR) is 64.0 cm³/mol. The molecule has 0 aromatic heterocycles. The minimum atomic E-state index is -0.275. The highest BCUT2D eigenvalue weighted by Gasteiger charge is 2.37. The lowest BCUT2D eigenvalue weighted by Gasteiger charge is -2.40. The van der Waals surface area contributed by atoms with E-state index >= 15 is 0 Å². The molecule has 1 aliphatic carbocycles. The van der Waals surface area contributed by atoms with E-state index in [1.807, 2.05) is 0 Å². The van der Waals surface area contributed by atoms with Crippen LogP contribution < -0.4 is 5.32 Å². The molecule has 0 unspecified atom stereocenters. The van der Waals surface area contributed by atoms with E-state index in [2.05, 4.69) is 12.2 Å². The molecule has 3 nitrogen and oxygen atoms in total. The zero-order chi connectivity index (χ0) is 11.1. The van der Waals surface area contributed by atoms with E-state index in [0.29, 0.717) is 5.75 Å². The predicted octanol–water partition coefficient (Wildman–Crippen LogP) is 1.55. The number of hydrogen-bond acceptors (Lipinski definition) is 3. The Morgan fingerprint density at radius 1 is 1.53 bits per heavy atom. The summed E-state index contributed by atoms with van der Waals surface area (Å²) in [5.41, 5.74) is -0.275. The molecule has 2 N–H and O–H groups in total. The smallest absolute Gasteiger partial charge is 0.230 e. The summed E-state index contributed by atoms with van der Waals surface area (Å²) >= 11 is 1.68. The molecule has 1 fully saturated rings. The van der Waals surface area contributed by atoms with E-state index in [0.717, 1.165) is 25.0 Å². The molecular formula is C11H21NO2S. The number of nitrogens with one attached hydrogen (secondary N) is 1. The number of unbranched alkanes of at least 4 members (excludes halogenated alkanes) is 1. The van der Waals surface area contributed by atoms with Crippen molar-refractivity contribution < 1.29 is 9.90 Å². The second-order valence-electron chi connectivity index (χ2n) is 4.25. The molecule has 0 saturated heterocycles. The first-order valence-corrected chi connectivity index (χ1v) is 6.87. The van der Waals surface area contributed by atoms with Crippen LogP contribution in [-0.2, 0) is 4.79 Å². The summed E-state index contributed by atoms with van der Waals surface area (Å²) in [4.78, 5) is 11.5. The Morgan fingerprint density at radius 3 is 2.73 bits per heavy atom. The van der Waals surface area contributed by atoms with E-state index in [1.54, 1.807) is 11.8 Å². The van der Waals surface area contributed by atoms with Crippen LogP contribution in [0.1, 0.15) is 39.0 Å². The number of hydrogen-bond donors (Lipinski definition) is 2. The fraction of sp³-hybridized carbons (Fsp3) is 0.909. The number of rotatable bonds is 7. The van der Waals surface area contributed by atoms with Gasteiger partial charge in [0.25, 0.3) is 0 Å². The summed E-state index contributed by atoms with van der Waals surface area (Å²) < 4.78 is 0. The first-order chi connectivity index (χ1) is 7.22. The molecule has 1 aliphatic rings. The zero-order valence-electron chi connectivity index (χ0n) is 9.42. The Balaban J connectivity index is 2.12. The van der Waals surface area contributed by atoms with Crippen molar-refractivity contribution in [2.24, 2.45) is 0 Å². The Labute approximate surface area is 96.0 Å². The zero-order valence-corrected chi connectivity index (χ0v) is 10.2. The Morgan fingerprint density at radius 2 is 2.27 bits per heavy atom. The topological polar surface area (TPSA) is 49.3 Å². The maximum atomic E-state index is 11.5. The fourth-order valence-electron chi connectivity index (χ4n) is 1.67. The standard InChI is InChI=1S/C11H21NO2S/c1-2-3-7-15-8-10(14)12-11(9-13)5-4-6-11/h13H,2-9H2,1H3,(H,12,14). The highest BCUT2D eigenvalue weighted by atomic mass is 32.2. The van der Waals surface area contributed by atoms with Crippen LogP contribution in [0.15, 0.2) is 0 Å². The molecular weight excluding hydrogens is 210 g/mol. The van der Waals surface area contributed by atoms with Crippen LogP contribution >= 0.6 is 11.8 Å². The fourth-order valence-corrected chi connectivity index (χ4v) is 2.56. The maximum Gasteiger partial charge on any atom is 0.230 e. The van der Waals surface area contributed by atoms with Crippen LogP contribution in [0.2, 0.25) is 0 Å². The molecule has 0 atom stereocenters. The van der Waals surface area contributed by atoms with E-state index in [-0.39, 0.29) is 18.1 Å². The van der Waals surface area contributed by atoms with Gasteiger partial charge in [0.1, 0.15) is 0 Å². The number of aliphatic hydroxyl groups excluding tert-OH is 1. The third-order valence-electron chi connectivity index (χ3n) is 2.89. The van der Waals surface area contributed by atoms with Gasteiger partial charge in [-0.05, 0) is 31.4 Å². The van der Waals surface area contributed by atoms with Crippen molar-refractivity contribution in [1.29, 1.82) is 0 Å². The van der Waals surface area contributed by atoms with Crippen molar-refractivity contribution in [3.8, 4) is 0 Å². The molecule has 1 rings (SSSR count). The molecule has 0 heterocycles. The van der Waals surface area contributed by atoms with Crippen LogP contribution in [0.4, 0.5) is 0 Å². The van der Waals surface area contributed by atoms with Crippen LogP contribution in [0, 0.1) is 0 Å². The molecule has 0 aromatic rings. The number of thioether (sulfide) groups is 1. The monoisotopic (exact) mass is 231 g/mol. The highest BCUT2D eigenvalue weighted by molar-refractivity contribution is 7.99. The van der Waals surface area contributed by atoms with Crippen LogP contribution in [0.3, 0.4) is 0 Å². The average Bonchev–Trinajstić information content (AvgIpc) is 2.18. The average molecular weight is 231 g/mol. The Bertz CT molecular complexity index is 199. The van der Waals surface area contributed by atoms with Crippen molar-refractivity contribution in [2.45, 2.75) is 44.6 Å². The Kier molecular flexibility index (Phi) is 5.47. The summed E-state index contributed by atoms with van der Waals surface area (Å²) in [5, 5.41) is 12.1. The lowest BCUT2D eigenvalue weighted by molar-refractivity contribution is -0.122. The second-order valence-corrected chi connectivity index (χ2v) is 5.35. The third kappa shape index (κ3) is 4.03. The second kappa shape index (κ2) is 6.38. The van der Waals surface area contributed by atoms with Crippen molar-refractivity contribution >= 4 is 17.7 Å². The molecule has 0 aromatic carbocycles. The van der Waals surface area contributed by atoms with Crippen molar-refractivity contribution in [3.05, 3.63) is 0 Å². The molecule has 0 radical (unpaired) electrons. The van der Waals surface area contributed by atoms with Crippen molar-refractivity contribution in [1.82, 2.24) is 5.32 Å². The van der Waals surface area contributed by atoms with Gasteiger partial charge in [-0.25, -0.2) is 0 Å². The van der Waals surface area contributed by atoms with E-state index in [4.69, 9.17) is 0 Å². The minimum Gasteiger partial charge on any atom is -0.394 e. The molecule has 88 valence electrons.